The van der Waals surface area contributed by atoms with E-state index in [0.29, 0.717) is 11.6 Å². The third-order valence-electron chi connectivity index (χ3n) is 4.29. The van der Waals surface area contributed by atoms with Crippen molar-refractivity contribution in [1.82, 2.24) is 14.9 Å². The largest absolute Gasteiger partial charge is 0.381 e. The summed E-state index contributed by atoms with van der Waals surface area (Å²) in [4.78, 5) is 23.2. The number of aromatic nitrogens is 2. The molecule has 2 heterocycles. The monoisotopic (exact) mass is 345 g/mol. The van der Waals surface area contributed by atoms with Crippen molar-refractivity contribution >= 4 is 17.5 Å². The van der Waals surface area contributed by atoms with E-state index in [-0.39, 0.29) is 17.9 Å². The van der Waals surface area contributed by atoms with Crippen LogP contribution >= 0.6 is 11.6 Å². The average molecular weight is 346 g/mol. The maximum Gasteiger partial charge on any atom is 0.228 e. The lowest BCUT2D eigenvalue weighted by Gasteiger charge is -2.32. The summed E-state index contributed by atoms with van der Waals surface area (Å²) in [5, 5.41) is 0.659. The fourth-order valence-electron chi connectivity index (χ4n) is 3.04. The molecule has 0 spiro atoms. The van der Waals surface area contributed by atoms with E-state index < -0.39 is 0 Å². The maximum atomic E-state index is 12.9. The molecule has 1 fully saturated rings. The van der Waals surface area contributed by atoms with Crippen molar-refractivity contribution in [3.63, 3.8) is 0 Å². The average Bonchev–Trinajstić information content (AvgIpc) is 2.64. The minimum absolute atomic E-state index is 0.0697. The second-order valence-corrected chi connectivity index (χ2v) is 6.38. The molecule has 5 nitrogen and oxygen atoms in total. The molecule has 2 atom stereocenters. The van der Waals surface area contributed by atoms with Crippen LogP contribution in [0.25, 0.3) is 0 Å². The highest BCUT2D eigenvalue weighted by atomic mass is 35.5. The Kier molecular flexibility index (Phi) is 5.43. The Balaban J connectivity index is 1.91. The van der Waals surface area contributed by atoms with Crippen LogP contribution in [0.4, 0.5) is 0 Å². The molecule has 2 aromatic rings. The number of nitrogens with zero attached hydrogens (tertiary/aromatic N) is 3. The lowest BCUT2D eigenvalue weighted by atomic mass is 9.97. The summed E-state index contributed by atoms with van der Waals surface area (Å²) in [7, 11) is 1.81. The molecule has 1 aliphatic heterocycles. The van der Waals surface area contributed by atoms with Crippen LogP contribution in [0.2, 0.25) is 5.02 Å². The van der Waals surface area contributed by atoms with Crippen LogP contribution < -0.4 is 0 Å². The summed E-state index contributed by atoms with van der Waals surface area (Å²) in [6, 6.07) is 7.18. The van der Waals surface area contributed by atoms with Gasteiger partial charge in [-0.25, -0.2) is 0 Å². The Hall–Kier alpha value is -1.98. The van der Waals surface area contributed by atoms with E-state index >= 15 is 0 Å². The SMILES string of the molecule is CN(C(=O)C1CCCOC1)C(c1ccc(Cl)cc1)c1cnccn1. The van der Waals surface area contributed by atoms with Crippen molar-refractivity contribution in [3.05, 3.63) is 59.1 Å². The normalized spacial score (nSPS) is 18.8. The van der Waals surface area contributed by atoms with Gasteiger partial charge >= 0.3 is 0 Å². The van der Waals surface area contributed by atoms with Gasteiger partial charge in [0.05, 0.1) is 24.4 Å². The quantitative estimate of drug-likeness (QED) is 0.854. The molecule has 0 aliphatic carbocycles. The highest BCUT2D eigenvalue weighted by molar-refractivity contribution is 6.30. The van der Waals surface area contributed by atoms with Crippen LogP contribution in [-0.4, -0.2) is 41.0 Å². The van der Waals surface area contributed by atoms with Crippen LogP contribution in [0.15, 0.2) is 42.9 Å². The lowest BCUT2D eigenvalue weighted by molar-refractivity contribution is -0.140. The van der Waals surface area contributed by atoms with Crippen LogP contribution in [0.1, 0.15) is 30.1 Å². The van der Waals surface area contributed by atoms with Crippen molar-refractivity contribution in [2.75, 3.05) is 20.3 Å². The molecule has 1 saturated heterocycles. The molecule has 6 heteroatoms. The van der Waals surface area contributed by atoms with Gasteiger partial charge in [0.15, 0.2) is 0 Å². The van der Waals surface area contributed by atoms with Gasteiger partial charge in [-0.05, 0) is 30.5 Å². The Morgan fingerprint density at radius 1 is 1.33 bits per heavy atom. The molecule has 0 saturated carbocycles. The van der Waals surface area contributed by atoms with E-state index in [1.54, 1.807) is 23.5 Å². The molecular weight excluding hydrogens is 326 g/mol. The van der Waals surface area contributed by atoms with E-state index in [1.165, 1.54) is 0 Å². The highest BCUT2D eigenvalue weighted by Crippen LogP contribution is 2.29. The van der Waals surface area contributed by atoms with Crippen molar-refractivity contribution in [2.45, 2.75) is 18.9 Å². The molecule has 1 aromatic carbocycles. The zero-order valence-electron chi connectivity index (χ0n) is 13.6. The summed E-state index contributed by atoms with van der Waals surface area (Å²) in [5.41, 5.74) is 1.68. The second-order valence-electron chi connectivity index (χ2n) is 5.95. The third kappa shape index (κ3) is 3.74. The first-order valence-corrected chi connectivity index (χ1v) is 8.40. The summed E-state index contributed by atoms with van der Waals surface area (Å²) < 4.78 is 5.47. The number of carbonyl (C=O) groups excluding carboxylic acids is 1. The molecule has 0 bridgehead atoms. The van der Waals surface area contributed by atoms with Crippen molar-refractivity contribution < 1.29 is 9.53 Å². The Morgan fingerprint density at radius 3 is 2.75 bits per heavy atom. The number of hydrogen-bond donors (Lipinski definition) is 0. The number of hydrogen-bond acceptors (Lipinski definition) is 4. The van der Waals surface area contributed by atoms with Gasteiger partial charge in [-0.1, -0.05) is 23.7 Å². The number of ether oxygens (including phenoxy) is 1. The van der Waals surface area contributed by atoms with Gasteiger partial charge in [-0.3, -0.25) is 14.8 Å². The summed E-state index contributed by atoms with van der Waals surface area (Å²) in [6.07, 6.45) is 6.73. The number of halogens is 1. The van der Waals surface area contributed by atoms with Gasteiger partial charge < -0.3 is 9.64 Å². The number of amides is 1. The highest BCUT2D eigenvalue weighted by Gasteiger charge is 2.31. The number of rotatable bonds is 4. The molecule has 24 heavy (non-hydrogen) atoms. The summed E-state index contributed by atoms with van der Waals surface area (Å²) >= 11 is 6.00. The fourth-order valence-corrected chi connectivity index (χ4v) is 3.17. The van der Waals surface area contributed by atoms with Gasteiger partial charge in [-0.15, -0.1) is 0 Å². The van der Waals surface area contributed by atoms with Gasteiger partial charge in [0.1, 0.15) is 6.04 Å². The molecule has 1 amide bonds. The third-order valence-corrected chi connectivity index (χ3v) is 4.55. The van der Waals surface area contributed by atoms with E-state index in [0.717, 1.165) is 30.7 Å². The minimum atomic E-state index is -0.301. The van der Waals surface area contributed by atoms with Gasteiger partial charge in [-0.2, -0.15) is 0 Å². The lowest BCUT2D eigenvalue weighted by Crippen LogP contribution is -2.40. The number of carbonyl (C=O) groups is 1. The van der Waals surface area contributed by atoms with Gasteiger partial charge in [0.25, 0.3) is 0 Å². The first kappa shape index (κ1) is 16.9. The molecule has 3 rings (SSSR count). The first-order valence-electron chi connectivity index (χ1n) is 8.02. The standard InChI is InChI=1S/C18H20ClN3O2/c1-22(18(23)14-3-2-10-24-12-14)17(16-11-20-8-9-21-16)13-4-6-15(19)7-5-13/h4-9,11,14,17H,2-3,10,12H2,1H3. The number of benzene rings is 1. The van der Waals surface area contributed by atoms with E-state index in [4.69, 9.17) is 16.3 Å². The van der Waals surface area contributed by atoms with E-state index in [2.05, 4.69) is 9.97 Å². The fraction of sp³-hybridized carbons (Fsp3) is 0.389. The Morgan fingerprint density at radius 2 is 2.12 bits per heavy atom. The maximum absolute atomic E-state index is 12.9. The molecule has 2 unspecified atom stereocenters. The molecule has 0 radical (unpaired) electrons. The van der Waals surface area contributed by atoms with Crippen molar-refractivity contribution in [2.24, 2.45) is 5.92 Å². The Labute approximate surface area is 146 Å². The zero-order valence-corrected chi connectivity index (χ0v) is 14.3. The van der Waals surface area contributed by atoms with E-state index in [1.807, 2.05) is 31.3 Å². The minimum Gasteiger partial charge on any atom is -0.381 e. The van der Waals surface area contributed by atoms with Crippen LogP contribution in [0.3, 0.4) is 0 Å². The van der Waals surface area contributed by atoms with Crippen LogP contribution in [-0.2, 0) is 9.53 Å². The van der Waals surface area contributed by atoms with Crippen molar-refractivity contribution in [3.8, 4) is 0 Å². The zero-order chi connectivity index (χ0) is 16.9. The molecule has 0 N–H and O–H groups in total. The molecule has 126 valence electrons. The smallest absolute Gasteiger partial charge is 0.228 e. The topological polar surface area (TPSA) is 55.3 Å². The predicted octanol–water partition coefficient (Wildman–Crippen LogP) is 3.10. The second kappa shape index (κ2) is 7.73. The van der Waals surface area contributed by atoms with Gasteiger partial charge in [0.2, 0.25) is 5.91 Å². The van der Waals surface area contributed by atoms with Crippen molar-refractivity contribution in [1.29, 1.82) is 0 Å². The van der Waals surface area contributed by atoms with Gasteiger partial charge in [0, 0.05) is 31.1 Å². The van der Waals surface area contributed by atoms with Crippen LogP contribution in [0.5, 0.6) is 0 Å². The molecule has 1 aliphatic rings. The predicted molar refractivity (Wildman–Crippen MR) is 91.6 cm³/mol. The Bertz CT molecular complexity index is 672. The summed E-state index contributed by atoms with van der Waals surface area (Å²) in [5.74, 6) is -0.0319. The van der Waals surface area contributed by atoms with E-state index in [9.17, 15) is 4.79 Å². The van der Waals surface area contributed by atoms with Crippen LogP contribution in [0, 0.1) is 5.92 Å². The summed E-state index contributed by atoms with van der Waals surface area (Å²) in [6.45, 7) is 1.22. The molecular formula is C18H20ClN3O2. The molecule has 1 aromatic heterocycles. The first-order chi connectivity index (χ1) is 11.7.